The molecule has 0 fully saturated rings. The van der Waals surface area contributed by atoms with E-state index in [1.54, 1.807) is 18.6 Å². The fourth-order valence-electron chi connectivity index (χ4n) is 2.19. The van der Waals surface area contributed by atoms with Crippen LogP contribution in [0, 0.1) is 0 Å². The molecule has 0 aliphatic rings. The van der Waals surface area contributed by atoms with Gasteiger partial charge in [-0.2, -0.15) is 10.2 Å². The molecule has 2 N–H and O–H groups in total. The summed E-state index contributed by atoms with van der Waals surface area (Å²) in [5, 5.41) is 8.24. The minimum absolute atomic E-state index is 0.701. The van der Waals surface area contributed by atoms with Crippen LogP contribution < -0.4 is 5.84 Å². The lowest BCUT2D eigenvalue weighted by Gasteiger charge is -2.01. The van der Waals surface area contributed by atoms with E-state index in [0.29, 0.717) is 6.54 Å². The van der Waals surface area contributed by atoms with Crippen LogP contribution in [0.3, 0.4) is 0 Å². The van der Waals surface area contributed by atoms with Crippen molar-refractivity contribution in [3.63, 3.8) is 0 Å². The number of nitrogens with two attached hydrogens (primary N) is 1. The van der Waals surface area contributed by atoms with Crippen LogP contribution in [0.15, 0.2) is 66.2 Å². The average molecular weight is 277 g/mol. The summed E-state index contributed by atoms with van der Waals surface area (Å²) in [6, 6.07) is 14.0. The Hall–Kier alpha value is -2.95. The molecule has 0 aliphatic carbocycles. The van der Waals surface area contributed by atoms with Gasteiger partial charge in [0.25, 0.3) is 0 Å². The Labute approximate surface area is 122 Å². The molecule has 0 spiro atoms. The predicted octanol–water partition coefficient (Wildman–Crippen LogP) is 2.29. The van der Waals surface area contributed by atoms with E-state index in [1.165, 1.54) is 5.56 Å². The molecule has 2 aromatic heterocycles. The van der Waals surface area contributed by atoms with E-state index >= 15 is 0 Å². The van der Waals surface area contributed by atoms with Crippen LogP contribution in [-0.4, -0.2) is 21.0 Å². The molecule has 0 unspecified atom stereocenters. The van der Waals surface area contributed by atoms with Gasteiger partial charge in [-0.1, -0.05) is 30.3 Å². The lowest BCUT2D eigenvalue weighted by molar-refractivity contribution is 0.689. The van der Waals surface area contributed by atoms with Crippen molar-refractivity contribution in [1.29, 1.82) is 0 Å². The molecule has 3 rings (SSSR count). The molecule has 1 aromatic carbocycles. The van der Waals surface area contributed by atoms with Crippen LogP contribution in [0.25, 0.3) is 11.3 Å². The molecule has 0 saturated heterocycles. The number of hydrogen-bond donors (Lipinski definition) is 1. The topological polar surface area (TPSA) is 69.1 Å². The van der Waals surface area contributed by atoms with Gasteiger partial charge in [-0.3, -0.25) is 9.67 Å². The molecular formula is C16H15N5. The van der Waals surface area contributed by atoms with Gasteiger partial charge in [0.1, 0.15) is 5.69 Å². The van der Waals surface area contributed by atoms with Gasteiger partial charge >= 0.3 is 0 Å². The third kappa shape index (κ3) is 2.97. The monoisotopic (exact) mass is 277 g/mol. The summed E-state index contributed by atoms with van der Waals surface area (Å²) in [5.41, 5.74) is 3.84. The van der Waals surface area contributed by atoms with E-state index in [2.05, 4.69) is 27.3 Å². The number of aromatic nitrogens is 3. The van der Waals surface area contributed by atoms with Gasteiger partial charge in [-0.25, -0.2) is 0 Å². The van der Waals surface area contributed by atoms with Crippen molar-refractivity contribution >= 4 is 6.21 Å². The average Bonchev–Trinajstić information content (AvgIpc) is 2.92. The van der Waals surface area contributed by atoms with E-state index in [1.807, 2.05) is 41.2 Å². The van der Waals surface area contributed by atoms with Crippen LogP contribution in [0.2, 0.25) is 0 Å². The quantitative estimate of drug-likeness (QED) is 0.452. The fourth-order valence-corrected chi connectivity index (χ4v) is 2.19. The third-order valence-electron chi connectivity index (χ3n) is 3.13. The molecule has 0 radical (unpaired) electrons. The number of nitrogens with zero attached hydrogens (tertiary/aromatic N) is 4. The zero-order valence-corrected chi connectivity index (χ0v) is 11.4. The van der Waals surface area contributed by atoms with Crippen molar-refractivity contribution < 1.29 is 0 Å². The van der Waals surface area contributed by atoms with Gasteiger partial charge in [-0.05, 0) is 17.7 Å². The molecule has 5 heteroatoms. The number of hydrazone groups is 1. The van der Waals surface area contributed by atoms with Crippen LogP contribution in [0.4, 0.5) is 0 Å². The van der Waals surface area contributed by atoms with Crippen LogP contribution >= 0.6 is 0 Å². The highest BCUT2D eigenvalue weighted by atomic mass is 15.3. The van der Waals surface area contributed by atoms with E-state index in [4.69, 9.17) is 5.84 Å². The van der Waals surface area contributed by atoms with Crippen molar-refractivity contribution in [3.05, 3.63) is 72.2 Å². The number of rotatable bonds is 4. The van der Waals surface area contributed by atoms with Crippen molar-refractivity contribution in [3.8, 4) is 11.3 Å². The maximum Gasteiger partial charge on any atom is 0.103 e. The maximum atomic E-state index is 5.29. The minimum atomic E-state index is 0.701. The molecule has 0 bridgehead atoms. The molecule has 0 atom stereocenters. The van der Waals surface area contributed by atoms with Crippen LogP contribution in [0.1, 0.15) is 11.1 Å². The molecule has 0 saturated carbocycles. The summed E-state index contributed by atoms with van der Waals surface area (Å²) in [5.74, 6) is 5.29. The largest absolute Gasteiger partial charge is 0.323 e. The van der Waals surface area contributed by atoms with Crippen molar-refractivity contribution in [2.75, 3.05) is 0 Å². The van der Waals surface area contributed by atoms with Gasteiger partial charge in [0.05, 0.1) is 12.8 Å². The first-order valence-corrected chi connectivity index (χ1v) is 6.62. The van der Waals surface area contributed by atoms with Crippen LogP contribution in [0.5, 0.6) is 0 Å². The first-order valence-electron chi connectivity index (χ1n) is 6.62. The van der Waals surface area contributed by atoms with Crippen molar-refractivity contribution in [1.82, 2.24) is 14.8 Å². The van der Waals surface area contributed by atoms with Crippen LogP contribution in [-0.2, 0) is 6.54 Å². The molecule has 0 aliphatic heterocycles. The Morgan fingerprint density at radius 2 is 2.00 bits per heavy atom. The number of pyridine rings is 1. The van der Waals surface area contributed by atoms with Crippen molar-refractivity contribution in [2.45, 2.75) is 6.54 Å². The van der Waals surface area contributed by atoms with Gasteiger partial charge in [0, 0.05) is 29.7 Å². The molecule has 5 nitrogen and oxygen atoms in total. The highest BCUT2D eigenvalue weighted by molar-refractivity contribution is 5.88. The lowest BCUT2D eigenvalue weighted by atomic mass is 10.1. The summed E-state index contributed by atoms with van der Waals surface area (Å²) < 4.78 is 1.88. The number of benzene rings is 1. The zero-order chi connectivity index (χ0) is 14.5. The second-order valence-electron chi connectivity index (χ2n) is 4.64. The molecule has 104 valence electrons. The Kier molecular flexibility index (Phi) is 3.73. The fraction of sp³-hybridized carbons (Fsp3) is 0.0625. The third-order valence-corrected chi connectivity index (χ3v) is 3.13. The highest BCUT2D eigenvalue weighted by Gasteiger charge is 2.10. The Morgan fingerprint density at radius 1 is 1.14 bits per heavy atom. The van der Waals surface area contributed by atoms with E-state index in [9.17, 15) is 0 Å². The first-order chi connectivity index (χ1) is 10.4. The van der Waals surface area contributed by atoms with Gasteiger partial charge in [0.2, 0.25) is 0 Å². The van der Waals surface area contributed by atoms with Crippen molar-refractivity contribution in [2.24, 2.45) is 10.9 Å². The maximum absolute atomic E-state index is 5.29. The Bertz CT molecular complexity index is 732. The summed E-state index contributed by atoms with van der Waals surface area (Å²) in [6.07, 6.45) is 7.06. The lowest BCUT2D eigenvalue weighted by Crippen LogP contribution is -2.00. The Balaban J connectivity index is 1.97. The molecular weight excluding hydrogens is 262 g/mol. The minimum Gasteiger partial charge on any atom is -0.323 e. The summed E-state index contributed by atoms with van der Waals surface area (Å²) in [6.45, 7) is 0.701. The Morgan fingerprint density at radius 3 is 2.71 bits per heavy atom. The molecule has 0 amide bonds. The highest BCUT2D eigenvalue weighted by Crippen LogP contribution is 2.20. The summed E-state index contributed by atoms with van der Waals surface area (Å²) in [4.78, 5) is 4.13. The molecule has 21 heavy (non-hydrogen) atoms. The van der Waals surface area contributed by atoms with E-state index in [-0.39, 0.29) is 0 Å². The first kappa shape index (κ1) is 13.1. The summed E-state index contributed by atoms with van der Waals surface area (Å²) >= 11 is 0. The van der Waals surface area contributed by atoms with Gasteiger partial charge in [-0.15, -0.1) is 0 Å². The normalized spacial score (nSPS) is 11.0. The second kappa shape index (κ2) is 6.00. The zero-order valence-electron chi connectivity index (χ0n) is 11.4. The second-order valence-corrected chi connectivity index (χ2v) is 4.64. The van der Waals surface area contributed by atoms with E-state index in [0.717, 1.165) is 16.8 Å². The van der Waals surface area contributed by atoms with E-state index < -0.39 is 0 Å². The number of hydrogen-bond acceptors (Lipinski definition) is 4. The molecule has 3 aromatic rings. The predicted molar refractivity (Wildman–Crippen MR) is 82.8 cm³/mol. The van der Waals surface area contributed by atoms with Gasteiger partial charge in [0.15, 0.2) is 0 Å². The molecule has 2 heterocycles. The summed E-state index contributed by atoms with van der Waals surface area (Å²) in [7, 11) is 0. The SMILES string of the molecule is N/N=C\c1cn(Cc2ccccc2)nc1-c1cccnc1. The van der Waals surface area contributed by atoms with Gasteiger partial charge < -0.3 is 5.84 Å². The smallest absolute Gasteiger partial charge is 0.103 e. The standard InChI is InChI=1S/C16H15N5/c17-19-10-15-12-21(11-13-5-2-1-3-6-13)20-16(15)14-7-4-8-18-9-14/h1-10,12H,11,17H2/b19-10-.